The van der Waals surface area contributed by atoms with Crippen LogP contribution in [0.5, 0.6) is 5.75 Å². The minimum absolute atomic E-state index is 0.0966. The molecule has 0 aliphatic heterocycles. The molecule has 1 unspecified atom stereocenters. The average Bonchev–Trinajstić information content (AvgIpc) is 2.24. The molecule has 0 saturated heterocycles. The van der Waals surface area contributed by atoms with Crippen molar-refractivity contribution in [2.75, 3.05) is 6.61 Å². The van der Waals surface area contributed by atoms with Gasteiger partial charge in [0, 0.05) is 6.04 Å². The lowest BCUT2D eigenvalue weighted by molar-refractivity contribution is 0.278. The molecule has 0 aromatic heterocycles. The molecular weight excluding hydrogens is 210 g/mol. The van der Waals surface area contributed by atoms with Crippen LogP contribution in [0.3, 0.4) is 0 Å². The number of hydrogen-bond acceptors (Lipinski definition) is 2. The van der Waals surface area contributed by atoms with Crippen molar-refractivity contribution in [1.29, 1.82) is 0 Å². The monoisotopic (exact) mass is 235 g/mol. The van der Waals surface area contributed by atoms with Crippen LogP contribution in [0.2, 0.25) is 0 Å². The Bertz CT molecular complexity index is 366. The van der Waals surface area contributed by atoms with Gasteiger partial charge in [-0.05, 0) is 36.0 Å². The van der Waals surface area contributed by atoms with Crippen molar-refractivity contribution < 1.29 is 4.74 Å². The molecule has 17 heavy (non-hydrogen) atoms. The van der Waals surface area contributed by atoms with Crippen LogP contribution < -0.4 is 10.5 Å². The SMILES string of the molecule is CCC(N)COc1cc(C)ccc1C(C)(C)C. The van der Waals surface area contributed by atoms with E-state index < -0.39 is 0 Å². The van der Waals surface area contributed by atoms with Gasteiger partial charge in [0.2, 0.25) is 0 Å². The van der Waals surface area contributed by atoms with Crippen molar-refractivity contribution in [2.45, 2.75) is 52.5 Å². The van der Waals surface area contributed by atoms with E-state index >= 15 is 0 Å². The number of hydrogen-bond donors (Lipinski definition) is 1. The third kappa shape index (κ3) is 4.04. The Hall–Kier alpha value is -1.02. The molecule has 0 bridgehead atoms. The van der Waals surface area contributed by atoms with Gasteiger partial charge < -0.3 is 10.5 Å². The maximum Gasteiger partial charge on any atom is 0.123 e. The van der Waals surface area contributed by atoms with E-state index in [1.165, 1.54) is 11.1 Å². The number of aryl methyl sites for hydroxylation is 1. The lowest BCUT2D eigenvalue weighted by Gasteiger charge is -2.24. The Balaban J connectivity index is 2.92. The van der Waals surface area contributed by atoms with Gasteiger partial charge in [-0.3, -0.25) is 0 Å². The van der Waals surface area contributed by atoms with Gasteiger partial charge in [0.25, 0.3) is 0 Å². The van der Waals surface area contributed by atoms with E-state index in [0.717, 1.165) is 12.2 Å². The summed E-state index contributed by atoms with van der Waals surface area (Å²) in [6.45, 7) is 11.3. The lowest BCUT2D eigenvalue weighted by atomic mass is 9.86. The quantitative estimate of drug-likeness (QED) is 0.868. The molecule has 2 N–H and O–H groups in total. The van der Waals surface area contributed by atoms with E-state index in [1.807, 2.05) is 0 Å². The van der Waals surface area contributed by atoms with Gasteiger partial charge in [0.05, 0.1) is 0 Å². The average molecular weight is 235 g/mol. The first-order chi connectivity index (χ1) is 7.84. The third-order valence-electron chi connectivity index (χ3n) is 2.92. The number of benzene rings is 1. The Morgan fingerprint density at radius 1 is 1.29 bits per heavy atom. The minimum atomic E-state index is 0.0966. The summed E-state index contributed by atoms with van der Waals surface area (Å²) in [7, 11) is 0. The van der Waals surface area contributed by atoms with Crippen LogP contribution in [0.1, 0.15) is 45.2 Å². The van der Waals surface area contributed by atoms with Gasteiger partial charge >= 0.3 is 0 Å². The van der Waals surface area contributed by atoms with E-state index in [1.54, 1.807) is 0 Å². The molecule has 96 valence electrons. The first-order valence-corrected chi connectivity index (χ1v) is 6.34. The number of ether oxygens (including phenoxy) is 1. The Labute approximate surface area is 105 Å². The molecule has 0 aliphatic carbocycles. The van der Waals surface area contributed by atoms with E-state index in [0.29, 0.717) is 6.61 Å². The van der Waals surface area contributed by atoms with Crippen molar-refractivity contribution in [2.24, 2.45) is 5.73 Å². The topological polar surface area (TPSA) is 35.2 Å². The standard InChI is InChI=1S/C15H25NO/c1-6-12(16)10-17-14-9-11(2)7-8-13(14)15(3,4)5/h7-9,12H,6,10,16H2,1-5H3. The molecule has 0 saturated carbocycles. The highest BCUT2D eigenvalue weighted by molar-refractivity contribution is 5.41. The summed E-state index contributed by atoms with van der Waals surface area (Å²) in [4.78, 5) is 0. The van der Waals surface area contributed by atoms with E-state index in [-0.39, 0.29) is 11.5 Å². The van der Waals surface area contributed by atoms with Gasteiger partial charge in [-0.2, -0.15) is 0 Å². The van der Waals surface area contributed by atoms with Crippen LogP contribution in [0.4, 0.5) is 0 Å². The summed E-state index contributed by atoms with van der Waals surface area (Å²) in [5.41, 5.74) is 8.45. The largest absolute Gasteiger partial charge is 0.492 e. The summed E-state index contributed by atoms with van der Waals surface area (Å²) < 4.78 is 5.87. The zero-order valence-corrected chi connectivity index (χ0v) is 11.7. The third-order valence-corrected chi connectivity index (χ3v) is 2.92. The van der Waals surface area contributed by atoms with Crippen LogP contribution in [-0.2, 0) is 5.41 Å². The molecule has 2 nitrogen and oxygen atoms in total. The van der Waals surface area contributed by atoms with Crippen LogP contribution in [-0.4, -0.2) is 12.6 Å². The molecule has 1 aromatic carbocycles. The molecule has 0 spiro atoms. The van der Waals surface area contributed by atoms with Crippen molar-refractivity contribution in [3.63, 3.8) is 0 Å². The van der Waals surface area contributed by atoms with Crippen molar-refractivity contribution in [1.82, 2.24) is 0 Å². The van der Waals surface area contributed by atoms with Crippen LogP contribution in [0.15, 0.2) is 18.2 Å². The fraction of sp³-hybridized carbons (Fsp3) is 0.600. The molecule has 2 heteroatoms. The maximum absolute atomic E-state index is 5.89. The molecule has 0 fully saturated rings. The van der Waals surface area contributed by atoms with Crippen molar-refractivity contribution in [3.05, 3.63) is 29.3 Å². The van der Waals surface area contributed by atoms with Gasteiger partial charge in [-0.25, -0.2) is 0 Å². The second-order valence-corrected chi connectivity index (χ2v) is 5.73. The molecule has 0 heterocycles. The van der Waals surface area contributed by atoms with Gasteiger partial charge in [-0.1, -0.05) is 39.8 Å². The second kappa shape index (κ2) is 5.54. The van der Waals surface area contributed by atoms with E-state index in [4.69, 9.17) is 10.5 Å². The zero-order valence-electron chi connectivity index (χ0n) is 11.7. The van der Waals surface area contributed by atoms with E-state index in [9.17, 15) is 0 Å². The van der Waals surface area contributed by atoms with Crippen LogP contribution >= 0.6 is 0 Å². The predicted octanol–water partition coefficient (Wildman–Crippen LogP) is 3.41. The zero-order chi connectivity index (χ0) is 13.1. The summed E-state index contributed by atoms with van der Waals surface area (Å²) in [5, 5.41) is 0. The maximum atomic E-state index is 5.89. The second-order valence-electron chi connectivity index (χ2n) is 5.73. The lowest BCUT2D eigenvalue weighted by Crippen LogP contribution is -2.27. The fourth-order valence-electron chi connectivity index (χ4n) is 1.68. The molecular formula is C15H25NO. The smallest absolute Gasteiger partial charge is 0.123 e. The summed E-state index contributed by atoms with van der Waals surface area (Å²) in [6, 6.07) is 6.50. The highest BCUT2D eigenvalue weighted by Gasteiger charge is 2.19. The van der Waals surface area contributed by atoms with Gasteiger partial charge in [0.1, 0.15) is 12.4 Å². The normalized spacial score (nSPS) is 13.5. The molecule has 1 aromatic rings. The van der Waals surface area contributed by atoms with Crippen LogP contribution in [0.25, 0.3) is 0 Å². The summed E-state index contributed by atoms with van der Waals surface area (Å²) in [5.74, 6) is 0.974. The highest BCUT2D eigenvalue weighted by Crippen LogP contribution is 2.32. The Morgan fingerprint density at radius 3 is 2.47 bits per heavy atom. The minimum Gasteiger partial charge on any atom is -0.492 e. The van der Waals surface area contributed by atoms with E-state index in [2.05, 4.69) is 52.8 Å². The number of nitrogens with two attached hydrogens (primary N) is 1. The van der Waals surface area contributed by atoms with Gasteiger partial charge in [-0.15, -0.1) is 0 Å². The molecule has 0 amide bonds. The van der Waals surface area contributed by atoms with Crippen molar-refractivity contribution in [3.8, 4) is 5.75 Å². The number of rotatable bonds is 4. The Morgan fingerprint density at radius 2 is 1.94 bits per heavy atom. The van der Waals surface area contributed by atoms with Crippen molar-refractivity contribution >= 4 is 0 Å². The molecule has 0 aliphatic rings. The van der Waals surface area contributed by atoms with Gasteiger partial charge in [0.15, 0.2) is 0 Å². The van der Waals surface area contributed by atoms with Crippen LogP contribution in [0, 0.1) is 6.92 Å². The Kier molecular flexibility index (Phi) is 4.58. The fourth-order valence-corrected chi connectivity index (χ4v) is 1.68. The first kappa shape index (κ1) is 14.0. The summed E-state index contributed by atoms with van der Waals surface area (Å²) in [6.07, 6.45) is 0.941. The molecule has 0 radical (unpaired) electrons. The first-order valence-electron chi connectivity index (χ1n) is 6.34. The molecule has 1 atom stereocenters. The highest BCUT2D eigenvalue weighted by atomic mass is 16.5. The molecule has 1 rings (SSSR count). The summed E-state index contributed by atoms with van der Waals surface area (Å²) >= 11 is 0. The predicted molar refractivity (Wildman–Crippen MR) is 73.6 cm³/mol.